The predicted octanol–water partition coefficient (Wildman–Crippen LogP) is 3.02. The van der Waals surface area contributed by atoms with Gasteiger partial charge in [0.25, 0.3) is 0 Å². The molecule has 1 aliphatic carbocycles. The van der Waals surface area contributed by atoms with Crippen molar-refractivity contribution >= 4 is 0 Å². The monoisotopic (exact) mass is 238 g/mol. The predicted molar refractivity (Wildman–Crippen MR) is 74.0 cm³/mol. The molecular formula is C15H30N2. The molecule has 2 N–H and O–H groups in total. The fraction of sp³-hybridized carbons (Fsp3) is 1.00. The van der Waals surface area contributed by atoms with E-state index in [1.807, 2.05) is 0 Å². The van der Waals surface area contributed by atoms with Crippen LogP contribution in [0.15, 0.2) is 0 Å². The summed E-state index contributed by atoms with van der Waals surface area (Å²) in [7, 11) is 0. The van der Waals surface area contributed by atoms with E-state index in [1.165, 1.54) is 71.0 Å². The maximum Gasteiger partial charge on any atom is 0.00100 e. The Kier molecular flexibility index (Phi) is 4.87. The van der Waals surface area contributed by atoms with E-state index < -0.39 is 0 Å². The molecule has 0 aromatic carbocycles. The van der Waals surface area contributed by atoms with Crippen molar-refractivity contribution in [2.75, 3.05) is 26.2 Å². The Balaban J connectivity index is 1.76. The van der Waals surface area contributed by atoms with Crippen molar-refractivity contribution in [2.24, 2.45) is 17.1 Å². The molecule has 1 aliphatic heterocycles. The first-order chi connectivity index (χ1) is 8.28. The van der Waals surface area contributed by atoms with Crippen LogP contribution in [0.25, 0.3) is 0 Å². The molecule has 2 aliphatic rings. The first-order valence-electron chi connectivity index (χ1n) is 7.70. The summed E-state index contributed by atoms with van der Waals surface area (Å²) in [6.45, 7) is 7.22. The van der Waals surface area contributed by atoms with Gasteiger partial charge < -0.3 is 10.6 Å². The summed E-state index contributed by atoms with van der Waals surface area (Å²) in [6.07, 6.45) is 11.2. The molecule has 2 nitrogen and oxygen atoms in total. The Morgan fingerprint density at radius 1 is 1.24 bits per heavy atom. The zero-order chi connectivity index (χ0) is 12.1. The van der Waals surface area contributed by atoms with Crippen LogP contribution < -0.4 is 5.73 Å². The third-order valence-corrected chi connectivity index (χ3v) is 5.25. The number of nitrogens with zero attached hydrogens (tertiary/aromatic N) is 1. The Morgan fingerprint density at radius 2 is 2.00 bits per heavy atom. The summed E-state index contributed by atoms with van der Waals surface area (Å²) in [6, 6.07) is 0. The fourth-order valence-electron chi connectivity index (χ4n) is 3.70. The first-order valence-corrected chi connectivity index (χ1v) is 7.70. The molecule has 2 rings (SSSR count). The lowest BCUT2D eigenvalue weighted by Gasteiger charge is -2.37. The summed E-state index contributed by atoms with van der Waals surface area (Å²) in [5.41, 5.74) is 6.56. The van der Waals surface area contributed by atoms with E-state index in [-0.39, 0.29) is 0 Å². The minimum atomic E-state index is 0.503. The SMILES string of the molecule is CCC1CCN(CCC2(CN)CCCCC2)C1. The van der Waals surface area contributed by atoms with Gasteiger partial charge in [-0.3, -0.25) is 0 Å². The van der Waals surface area contributed by atoms with Crippen LogP contribution in [0.5, 0.6) is 0 Å². The summed E-state index contributed by atoms with van der Waals surface area (Å²) in [5, 5.41) is 0. The maximum atomic E-state index is 6.06. The fourth-order valence-corrected chi connectivity index (χ4v) is 3.70. The molecule has 0 spiro atoms. The van der Waals surface area contributed by atoms with Crippen molar-refractivity contribution in [1.29, 1.82) is 0 Å². The quantitative estimate of drug-likeness (QED) is 0.798. The minimum Gasteiger partial charge on any atom is -0.330 e. The third kappa shape index (κ3) is 3.45. The topological polar surface area (TPSA) is 29.3 Å². The smallest absolute Gasteiger partial charge is 0.00100 e. The lowest BCUT2D eigenvalue weighted by molar-refractivity contribution is 0.154. The molecule has 2 fully saturated rings. The first kappa shape index (κ1) is 13.4. The van der Waals surface area contributed by atoms with Crippen LogP contribution in [0.4, 0.5) is 0 Å². The van der Waals surface area contributed by atoms with Crippen molar-refractivity contribution in [3.8, 4) is 0 Å². The van der Waals surface area contributed by atoms with Gasteiger partial charge in [0, 0.05) is 6.54 Å². The molecule has 0 aromatic rings. The van der Waals surface area contributed by atoms with Crippen molar-refractivity contribution < 1.29 is 0 Å². The molecule has 0 aromatic heterocycles. The lowest BCUT2D eigenvalue weighted by Crippen LogP contribution is -2.36. The molecule has 2 heteroatoms. The number of rotatable bonds is 5. The van der Waals surface area contributed by atoms with Gasteiger partial charge in [0.15, 0.2) is 0 Å². The molecule has 1 saturated heterocycles. The second-order valence-electron chi connectivity index (χ2n) is 6.38. The molecule has 0 radical (unpaired) electrons. The third-order valence-electron chi connectivity index (χ3n) is 5.25. The molecule has 1 heterocycles. The van der Waals surface area contributed by atoms with Gasteiger partial charge in [0.1, 0.15) is 0 Å². The van der Waals surface area contributed by atoms with E-state index in [1.54, 1.807) is 0 Å². The molecule has 1 atom stereocenters. The number of likely N-dealkylation sites (tertiary alicyclic amines) is 1. The van der Waals surface area contributed by atoms with Crippen LogP contribution >= 0.6 is 0 Å². The normalized spacial score (nSPS) is 29.6. The van der Waals surface area contributed by atoms with Crippen LogP contribution in [-0.2, 0) is 0 Å². The van der Waals surface area contributed by atoms with Gasteiger partial charge in [-0.1, -0.05) is 32.6 Å². The molecular weight excluding hydrogens is 208 g/mol. The molecule has 17 heavy (non-hydrogen) atoms. The van der Waals surface area contributed by atoms with Crippen LogP contribution in [0.3, 0.4) is 0 Å². The minimum absolute atomic E-state index is 0.503. The van der Waals surface area contributed by atoms with Crippen LogP contribution in [-0.4, -0.2) is 31.1 Å². The average molecular weight is 238 g/mol. The summed E-state index contributed by atoms with van der Waals surface area (Å²) in [5.74, 6) is 0.968. The average Bonchev–Trinajstić information content (AvgIpc) is 2.85. The van der Waals surface area contributed by atoms with Crippen molar-refractivity contribution in [2.45, 2.75) is 58.3 Å². The van der Waals surface area contributed by atoms with E-state index in [9.17, 15) is 0 Å². The number of hydrogen-bond donors (Lipinski definition) is 1. The van der Waals surface area contributed by atoms with E-state index in [0.717, 1.165) is 12.5 Å². The number of hydrogen-bond acceptors (Lipinski definition) is 2. The van der Waals surface area contributed by atoms with Crippen molar-refractivity contribution in [3.63, 3.8) is 0 Å². The Hall–Kier alpha value is -0.0800. The molecule has 1 saturated carbocycles. The van der Waals surface area contributed by atoms with Crippen LogP contribution in [0.2, 0.25) is 0 Å². The van der Waals surface area contributed by atoms with Crippen molar-refractivity contribution in [1.82, 2.24) is 4.90 Å². The molecule has 0 bridgehead atoms. The van der Waals surface area contributed by atoms with Crippen LogP contribution in [0.1, 0.15) is 58.3 Å². The van der Waals surface area contributed by atoms with E-state index in [2.05, 4.69) is 11.8 Å². The summed E-state index contributed by atoms with van der Waals surface area (Å²) >= 11 is 0. The lowest BCUT2D eigenvalue weighted by atomic mass is 9.72. The van der Waals surface area contributed by atoms with Gasteiger partial charge in [-0.05, 0) is 56.7 Å². The van der Waals surface area contributed by atoms with E-state index in [4.69, 9.17) is 5.73 Å². The summed E-state index contributed by atoms with van der Waals surface area (Å²) in [4.78, 5) is 2.68. The zero-order valence-electron chi connectivity index (χ0n) is 11.6. The highest BCUT2D eigenvalue weighted by Gasteiger charge is 2.31. The zero-order valence-corrected chi connectivity index (χ0v) is 11.6. The Morgan fingerprint density at radius 3 is 2.59 bits per heavy atom. The van der Waals surface area contributed by atoms with Gasteiger partial charge in [-0.15, -0.1) is 0 Å². The van der Waals surface area contributed by atoms with Gasteiger partial charge in [0.05, 0.1) is 0 Å². The second-order valence-corrected chi connectivity index (χ2v) is 6.38. The highest BCUT2D eigenvalue weighted by molar-refractivity contribution is 4.86. The maximum absolute atomic E-state index is 6.06. The summed E-state index contributed by atoms with van der Waals surface area (Å²) < 4.78 is 0. The molecule has 1 unspecified atom stereocenters. The highest BCUT2D eigenvalue weighted by atomic mass is 15.1. The van der Waals surface area contributed by atoms with E-state index >= 15 is 0 Å². The molecule has 0 amide bonds. The van der Waals surface area contributed by atoms with Gasteiger partial charge in [0.2, 0.25) is 0 Å². The molecule has 100 valence electrons. The van der Waals surface area contributed by atoms with Gasteiger partial charge >= 0.3 is 0 Å². The highest BCUT2D eigenvalue weighted by Crippen LogP contribution is 2.38. The Labute approximate surface area is 107 Å². The second kappa shape index (κ2) is 6.19. The van der Waals surface area contributed by atoms with Crippen LogP contribution in [0, 0.1) is 11.3 Å². The number of nitrogens with two attached hydrogens (primary N) is 1. The van der Waals surface area contributed by atoms with E-state index in [0.29, 0.717) is 5.41 Å². The van der Waals surface area contributed by atoms with Crippen molar-refractivity contribution in [3.05, 3.63) is 0 Å². The van der Waals surface area contributed by atoms with Gasteiger partial charge in [-0.25, -0.2) is 0 Å². The standard InChI is InChI=1S/C15H30N2/c1-2-14-6-10-17(12-14)11-9-15(13-16)7-4-3-5-8-15/h14H,2-13,16H2,1H3. The van der Waals surface area contributed by atoms with Gasteiger partial charge in [-0.2, -0.15) is 0 Å². The Bertz CT molecular complexity index is 221. The largest absolute Gasteiger partial charge is 0.330 e.